The van der Waals surface area contributed by atoms with Crippen molar-refractivity contribution in [3.05, 3.63) is 21.9 Å². The molecule has 0 aliphatic carbocycles. The maximum Gasteiger partial charge on any atom is 0.311 e. The number of hydrogen-bond acceptors (Lipinski definition) is 3. The number of aryl methyl sites for hydroxylation is 1. The fourth-order valence-corrected chi connectivity index (χ4v) is 2.30. The van der Waals surface area contributed by atoms with Gasteiger partial charge >= 0.3 is 5.97 Å². The second-order valence-corrected chi connectivity index (χ2v) is 6.80. The summed E-state index contributed by atoms with van der Waals surface area (Å²) in [5.74, 6) is -1.15. The number of thiophene rings is 1. The van der Waals surface area contributed by atoms with Gasteiger partial charge in [0.2, 0.25) is 0 Å². The quantitative estimate of drug-likeness (QED) is 0.873. The van der Waals surface area contributed by atoms with Crippen LogP contribution in [0.15, 0.2) is 12.1 Å². The summed E-state index contributed by atoms with van der Waals surface area (Å²) < 4.78 is 0. The molecule has 0 saturated carbocycles. The first-order valence-corrected chi connectivity index (χ1v) is 7.08. The van der Waals surface area contributed by atoms with Gasteiger partial charge in [-0.1, -0.05) is 6.92 Å². The van der Waals surface area contributed by atoms with E-state index in [-0.39, 0.29) is 5.91 Å². The molecule has 0 aliphatic rings. The van der Waals surface area contributed by atoms with Gasteiger partial charge in [0.1, 0.15) is 0 Å². The van der Waals surface area contributed by atoms with Crippen molar-refractivity contribution in [3.63, 3.8) is 0 Å². The van der Waals surface area contributed by atoms with Crippen molar-refractivity contribution in [2.75, 3.05) is 0 Å². The lowest BCUT2D eigenvalue weighted by atomic mass is 9.74. The van der Waals surface area contributed by atoms with Crippen LogP contribution in [0.4, 0.5) is 0 Å². The van der Waals surface area contributed by atoms with Crippen LogP contribution in [0.1, 0.15) is 49.2 Å². The normalized spacial score (nSPS) is 12.3. The Bertz CT molecular complexity index is 489. The van der Waals surface area contributed by atoms with Gasteiger partial charge in [-0.05, 0) is 46.2 Å². The fraction of sp³-hybridized carbons (Fsp3) is 0.571. The average molecular weight is 283 g/mol. The zero-order chi connectivity index (χ0) is 14.8. The zero-order valence-corrected chi connectivity index (χ0v) is 12.9. The third kappa shape index (κ3) is 3.15. The standard InChI is InChI=1S/C14H21NO3S/c1-6-9-7-8-10(19-9)11(16)15-14(4,5)13(2,3)12(17)18/h7-8H,6H2,1-5H3,(H,15,16)(H,17,18). The van der Waals surface area contributed by atoms with E-state index in [0.717, 1.165) is 11.3 Å². The third-order valence-electron chi connectivity index (χ3n) is 3.76. The lowest BCUT2D eigenvalue weighted by Gasteiger charge is -2.38. The zero-order valence-electron chi connectivity index (χ0n) is 12.0. The monoisotopic (exact) mass is 283 g/mol. The first-order valence-electron chi connectivity index (χ1n) is 6.26. The fourth-order valence-electron chi connectivity index (χ4n) is 1.46. The predicted octanol–water partition coefficient (Wildman–Crippen LogP) is 2.93. The van der Waals surface area contributed by atoms with Gasteiger partial charge in [-0.25, -0.2) is 0 Å². The number of carboxylic acids is 1. The molecule has 2 N–H and O–H groups in total. The first kappa shape index (κ1) is 15.7. The molecule has 0 spiro atoms. The predicted molar refractivity (Wildman–Crippen MR) is 76.7 cm³/mol. The van der Waals surface area contributed by atoms with Crippen molar-refractivity contribution < 1.29 is 14.7 Å². The summed E-state index contributed by atoms with van der Waals surface area (Å²) in [4.78, 5) is 25.2. The molecule has 1 amide bonds. The highest BCUT2D eigenvalue weighted by Gasteiger charge is 2.44. The summed E-state index contributed by atoms with van der Waals surface area (Å²) in [6.07, 6.45) is 0.891. The smallest absolute Gasteiger partial charge is 0.311 e. The van der Waals surface area contributed by atoms with Crippen LogP contribution in [0.25, 0.3) is 0 Å². The number of carboxylic acid groups (broad SMARTS) is 1. The van der Waals surface area contributed by atoms with Crippen LogP contribution in [0.5, 0.6) is 0 Å². The number of rotatable bonds is 5. The van der Waals surface area contributed by atoms with Gasteiger partial charge in [0.25, 0.3) is 5.91 Å². The minimum atomic E-state index is -1.05. The molecule has 5 heteroatoms. The second-order valence-electron chi connectivity index (χ2n) is 5.63. The van der Waals surface area contributed by atoms with Crippen molar-refractivity contribution in [2.24, 2.45) is 5.41 Å². The molecule has 0 bridgehead atoms. The number of nitrogens with one attached hydrogen (secondary N) is 1. The lowest BCUT2D eigenvalue weighted by Crippen LogP contribution is -2.56. The minimum absolute atomic E-state index is 0.218. The van der Waals surface area contributed by atoms with Crippen LogP contribution in [0, 0.1) is 5.41 Å². The van der Waals surface area contributed by atoms with Gasteiger partial charge < -0.3 is 10.4 Å². The van der Waals surface area contributed by atoms with Crippen LogP contribution < -0.4 is 5.32 Å². The lowest BCUT2D eigenvalue weighted by molar-refractivity contribution is -0.150. The second kappa shape index (κ2) is 5.33. The Kier molecular flexibility index (Phi) is 4.40. The Balaban J connectivity index is 2.89. The summed E-state index contributed by atoms with van der Waals surface area (Å²) in [6, 6.07) is 3.71. The van der Waals surface area contributed by atoms with E-state index in [9.17, 15) is 14.7 Å². The van der Waals surface area contributed by atoms with Crippen molar-refractivity contribution in [1.29, 1.82) is 0 Å². The van der Waals surface area contributed by atoms with E-state index >= 15 is 0 Å². The van der Waals surface area contributed by atoms with E-state index in [1.807, 2.05) is 13.0 Å². The van der Waals surface area contributed by atoms with Crippen LogP contribution in [-0.4, -0.2) is 22.5 Å². The van der Waals surface area contributed by atoms with Gasteiger partial charge in [-0.3, -0.25) is 9.59 Å². The van der Waals surface area contributed by atoms with Gasteiger partial charge in [0, 0.05) is 4.88 Å². The molecular weight excluding hydrogens is 262 g/mol. The SMILES string of the molecule is CCc1ccc(C(=O)NC(C)(C)C(C)(C)C(=O)O)s1. The van der Waals surface area contributed by atoms with Crippen LogP contribution in [-0.2, 0) is 11.2 Å². The number of amides is 1. The number of aliphatic carboxylic acids is 1. The van der Waals surface area contributed by atoms with Gasteiger partial charge in [0.05, 0.1) is 15.8 Å². The molecule has 19 heavy (non-hydrogen) atoms. The molecule has 0 fully saturated rings. The maximum atomic E-state index is 12.2. The molecular formula is C14H21NO3S. The molecule has 1 rings (SSSR count). The largest absolute Gasteiger partial charge is 0.481 e. The van der Waals surface area contributed by atoms with Gasteiger partial charge in [0.15, 0.2) is 0 Å². The maximum absolute atomic E-state index is 12.2. The molecule has 0 radical (unpaired) electrons. The van der Waals surface area contributed by atoms with Crippen molar-refractivity contribution in [1.82, 2.24) is 5.32 Å². The molecule has 0 aliphatic heterocycles. The van der Waals surface area contributed by atoms with E-state index in [2.05, 4.69) is 5.32 Å². The summed E-state index contributed by atoms with van der Waals surface area (Å²) in [5, 5.41) is 12.1. The molecule has 4 nitrogen and oxygen atoms in total. The Hall–Kier alpha value is -1.36. The minimum Gasteiger partial charge on any atom is -0.481 e. The molecule has 0 atom stereocenters. The molecule has 1 aromatic heterocycles. The third-order valence-corrected chi connectivity index (χ3v) is 4.99. The van der Waals surface area contributed by atoms with Crippen molar-refractivity contribution in [2.45, 2.75) is 46.6 Å². The highest BCUT2D eigenvalue weighted by atomic mass is 32.1. The Morgan fingerprint density at radius 3 is 2.26 bits per heavy atom. The van der Waals surface area contributed by atoms with E-state index in [0.29, 0.717) is 4.88 Å². The van der Waals surface area contributed by atoms with Crippen LogP contribution >= 0.6 is 11.3 Å². The van der Waals surface area contributed by atoms with Crippen LogP contribution in [0.3, 0.4) is 0 Å². The van der Waals surface area contributed by atoms with E-state index in [1.54, 1.807) is 33.8 Å². The molecule has 0 saturated heterocycles. The van der Waals surface area contributed by atoms with E-state index in [1.165, 1.54) is 11.3 Å². The summed E-state index contributed by atoms with van der Waals surface area (Å²) in [5.41, 5.74) is -1.89. The molecule has 0 aromatic carbocycles. The number of carbonyl (C=O) groups excluding carboxylic acids is 1. The summed E-state index contributed by atoms with van der Waals surface area (Å²) in [7, 11) is 0. The molecule has 1 heterocycles. The van der Waals surface area contributed by atoms with Crippen molar-refractivity contribution >= 4 is 23.2 Å². The topological polar surface area (TPSA) is 66.4 Å². The highest BCUT2D eigenvalue weighted by molar-refractivity contribution is 7.14. The molecule has 1 aromatic rings. The molecule has 0 unspecified atom stereocenters. The number of carbonyl (C=O) groups is 2. The van der Waals surface area contributed by atoms with Gasteiger partial charge in [-0.2, -0.15) is 0 Å². The Morgan fingerprint density at radius 2 is 1.84 bits per heavy atom. The van der Waals surface area contributed by atoms with E-state index < -0.39 is 16.9 Å². The average Bonchev–Trinajstić information content (AvgIpc) is 2.76. The van der Waals surface area contributed by atoms with Gasteiger partial charge in [-0.15, -0.1) is 11.3 Å². The number of hydrogen-bond donors (Lipinski definition) is 2. The van der Waals surface area contributed by atoms with Crippen LogP contribution in [0.2, 0.25) is 0 Å². The summed E-state index contributed by atoms with van der Waals surface area (Å²) in [6.45, 7) is 8.72. The van der Waals surface area contributed by atoms with E-state index in [4.69, 9.17) is 0 Å². The Morgan fingerprint density at radius 1 is 1.26 bits per heavy atom. The molecule has 106 valence electrons. The Labute approximate surface area is 117 Å². The first-order chi connectivity index (χ1) is 8.61. The highest BCUT2D eigenvalue weighted by Crippen LogP contribution is 2.31. The van der Waals surface area contributed by atoms with Crippen molar-refractivity contribution in [3.8, 4) is 0 Å². The summed E-state index contributed by atoms with van der Waals surface area (Å²) >= 11 is 1.44.